The minimum absolute atomic E-state index is 0.0327. The smallest absolute Gasteiger partial charge is 0.251 e. The van der Waals surface area contributed by atoms with Gasteiger partial charge in [0.15, 0.2) is 0 Å². The highest BCUT2D eigenvalue weighted by molar-refractivity contribution is 6.30. The second-order valence-corrected chi connectivity index (χ2v) is 9.13. The van der Waals surface area contributed by atoms with Crippen LogP contribution in [0.3, 0.4) is 0 Å². The Bertz CT molecular complexity index is 1190. The number of nitrogens with one attached hydrogen (secondary N) is 1. The maximum absolute atomic E-state index is 13.1. The lowest BCUT2D eigenvalue weighted by Crippen LogP contribution is -2.42. The van der Waals surface area contributed by atoms with Gasteiger partial charge in [0.2, 0.25) is 11.8 Å². The van der Waals surface area contributed by atoms with Crippen LogP contribution >= 0.6 is 11.6 Å². The molecule has 4 rings (SSSR count). The van der Waals surface area contributed by atoms with Crippen molar-refractivity contribution in [1.29, 1.82) is 0 Å². The van der Waals surface area contributed by atoms with Crippen LogP contribution in [0.1, 0.15) is 41.2 Å². The monoisotopic (exact) mass is 481 g/mol. The number of piperidine rings is 1. The van der Waals surface area contributed by atoms with Gasteiger partial charge in [0.1, 0.15) is 5.82 Å². The number of nitrogens with zero attached hydrogens (tertiary/aromatic N) is 6. The van der Waals surface area contributed by atoms with Crippen molar-refractivity contribution in [2.75, 3.05) is 18.4 Å². The fourth-order valence-electron chi connectivity index (χ4n) is 4.26. The quantitative estimate of drug-likeness (QED) is 0.599. The first-order valence-electron chi connectivity index (χ1n) is 11.3. The highest BCUT2D eigenvalue weighted by Gasteiger charge is 2.28. The fraction of sp³-hybridized carbons (Fsp3) is 0.417. The van der Waals surface area contributed by atoms with Gasteiger partial charge in [0, 0.05) is 47.8 Å². The number of carbonyl (C=O) groups is 2. The number of anilines is 1. The molecule has 0 saturated carbocycles. The van der Waals surface area contributed by atoms with Crippen molar-refractivity contribution in [3.63, 3.8) is 0 Å². The number of aryl methyl sites for hydroxylation is 3. The number of likely N-dealkylation sites (tertiary alicyclic amines) is 1. The van der Waals surface area contributed by atoms with Gasteiger partial charge in [0.05, 0.1) is 17.1 Å². The molecule has 10 heteroatoms. The molecule has 34 heavy (non-hydrogen) atoms. The molecular weight excluding hydrogens is 454 g/mol. The van der Waals surface area contributed by atoms with Gasteiger partial charge < -0.3 is 10.2 Å². The van der Waals surface area contributed by atoms with Crippen molar-refractivity contribution >= 4 is 29.2 Å². The second kappa shape index (κ2) is 9.89. The van der Waals surface area contributed by atoms with E-state index in [1.807, 2.05) is 38.7 Å². The molecule has 1 saturated heterocycles. The summed E-state index contributed by atoms with van der Waals surface area (Å²) in [5.41, 5.74) is 4.28. The van der Waals surface area contributed by atoms with Crippen molar-refractivity contribution in [3.8, 4) is 5.95 Å². The summed E-state index contributed by atoms with van der Waals surface area (Å²) in [6.45, 7) is 8.75. The largest absolute Gasteiger partial charge is 0.342 e. The molecule has 178 valence electrons. The Morgan fingerprint density at radius 3 is 2.38 bits per heavy atom. The first-order valence-corrected chi connectivity index (χ1v) is 11.7. The zero-order chi connectivity index (χ0) is 24.4. The predicted octanol–water partition coefficient (Wildman–Crippen LogP) is 3.36. The van der Waals surface area contributed by atoms with Crippen LogP contribution in [0, 0.1) is 33.6 Å². The van der Waals surface area contributed by atoms with Crippen LogP contribution in [-0.4, -0.2) is 54.5 Å². The Hall–Kier alpha value is -3.33. The van der Waals surface area contributed by atoms with E-state index in [4.69, 9.17) is 11.6 Å². The SMILES string of the molecule is Cc1cc(C)nc(-n2nc(C)c(CC(=O)N3CCC(C(=O)Nc4ccc(Cl)cn4)CC3)c2C)n1. The fourth-order valence-corrected chi connectivity index (χ4v) is 4.37. The number of carbonyl (C=O) groups excluding carboxylic acids is 2. The Morgan fingerprint density at radius 2 is 1.76 bits per heavy atom. The summed E-state index contributed by atoms with van der Waals surface area (Å²) in [6, 6.07) is 5.27. The summed E-state index contributed by atoms with van der Waals surface area (Å²) in [6.07, 6.45) is 2.97. The molecule has 1 aliphatic rings. The minimum atomic E-state index is -0.158. The van der Waals surface area contributed by atoms with E-state index in [9.17, 15) is 9.59 Å². The van der Waals surface area contributed by atoms with E-state index in [0.717, 1.165) is 28.3 Å². The van der Waals surface area contributed by atoms with E-state index >= 15 is 0 Å². The average molecular weight is 482 g/mol. The molecule has 3 aromatic rings. The number of halogens is 1. The maximum atomic E-state index is 13.1. The molecule has 0 unspecified atom stereocenters. The van der Waals surface area contributed by atoms with Crippen LogP contribution in [0.5, 0.6) is 0 Å². The number of rotatable bonds is 5. The first-order chi connectivity index (χ1) is 16.2. The maximum Gasteiger partial charge on any atom is 0.251 e. The topological polar surface area (TPSA) is 106 Å². The molecule has 1 fully saturated rings. The molecule has 0 aromatic carbocycles. The second-order valence-electron chi connectivity index (χ2n) is 8.69. The molecule has 9 nitrogen and oxygen atoms in total. The molecule has 0 bridgehead atoms. The third-order valence-electron chi connectivity index (χ3n) is 6.13. The zero-order valence-electron chi connectivity index (χ0n) is 19.8. The number of pyridine rings is 1. The third kappa shape index (κ3) is 5.25. The standard InChI is InChI=1S/C24H28ClN7O2/c1-14-11-15(2)28-24(27-14)32-17(4)20(16(3)30-32)12-22(33)31-9-7-18(8-10-31)23(34)29-21-6-5-19(25)13-26-21/h5-6,11,13,18H,7-10,12H2,1-4H3,(H,26,29,34). The summed E-state index contributed by atoms with van der Waals surface area (Å²) in [5, 5.41) is 7.94. The normalized spacial score (nSPS) is 14.3. The number of hydrogen-bond acceptors (Lipinski definition) is 6. The van der Waals surface area contributed by atoms with Crippen molar-refractivity contribution in [2.24, 2.45) is 5.92 Å². The van der Waals surface area contributed by atoms with Gasteiger partial charge >= 0.3 is 0 Å². The van der Waals surface area contributed by atoms with Crippen LogP contribution in [0.15, 0.2) is 24.4 Å². The highest BCUT2D eigenvalue weighted by Crippen LogP contribution is 2.22. The molecule has 0 radical (unpaired) electrons. The summed E-state index contributed by atoms with van der Waals surface area (Å²) in [7, 11) is 0. The van der Waals surface area contributed by atoms with Gasteiger partial charge in [0.25, 0.3) is 5.95 Å². The summed E-state index contributed by atoms with van der Waals surface area (Å²) < 4.78 is 1.71. The van der Waals surface area contributed by atoms with Gasteiger partial charge in [-0.2, -0.15) is 5.10 Å². The van der Waals surface area contributed by atoms with E-state index < -0.39 is 0 Å². The summed E-state index contributed by atoms with van der Waals surface area (Å²) in [5.74, 6) is 0.783. The lowest BCUT2D eigenvalue weighted by atomic mass is 9.95. The van der Waals surface area contributed by atoms with Crippen LogP contribution in [0.2, 0.25) is 5.02 Å². The Balaban J connectivity index is 1.37. The molecule has 4 heterocycles. The van der Waals surface area contributed by atoms with Crippen molar-refractivity contribution < 1.29 is 9.59 Å². The predicted molar refractivity (Wildman–Crippen MR) is 129 cm³/mol. The lowest BCUT2D eigenvalue weighted by Gasteiger charge is -2.31. The zero-order valence-corrected chi connectivity index (χ0v) is 20.6. The number of amides is 2. The van der Waals surface area contributed by atoms with Crippen LogP contribution in [0.4, 0.5) is 5.82 Å². The molecule has 3 aromatic heterocycles. The summed E-state index contributed by atoms with van der Waals surface area (Å²) >= 11 is 5.84. The van der Waals surface area contributed by atoms with Crippen LogP contribution in [-0.2, 0) is 16.0 Å². The molecule has 2 amide bonds. The summed E-state index contributed by atoms with van der Waals surface area (Å²) in [4.78, 5) is 40.6. The molecule has 1 N–H and O–H groups in total. The number of hydrogen-bond donors (Lipinski definition) is 1. The van der Waals surface area contributed by atoms with Gasteiger partial charge in [-0.05, 0) is 58.7 Å². The number of aromatic nitrogens is 5. The molecule has 1 aliphatic heterocycles. The van der Waals surface area contributed by atoms with Crippen molar-refractivity contribution in [1.82, 2.24) is 29.6 Å². The molecule has 0 spiro atoms. The van der Waals surface area contributed by atoms with E-state index in [1.165, 1.54) is 6.20 Å². The molecule has 0 aliphatic carbocycles. The van der Waals surface area contributed by atoms with Gasteiger partial charge in [-0.1, -0.05) is 11.6 Å². The van der Waals surface area contributed by atoms with Crippen molar-refractivity contribution in [3.05, 3.63) is 57.8 Å². The van der Waals surface area contributed by atoms with Gasteiger partial charge in [-0.3, -0.25) is 9.59 Å². The van der Waals surface area contributed by atoms with E-state index in [-0.39, 0.29) is 24.2 Å². The van der Waals surface area contributed by atoms with E-state index in [1.54, 1.807) is 16.8 Å². The Labute approximate surface area is 203 Å². The highest BCUT2D eigenvalue weighted by atomic mass is 35.5. The van der Waals surface area contributed by atoms with E-state index in [0.29, 0.717) is 42.7 Å². The Morgan fingerprint density at radius 1 is 1.09 bits per heavy atom. The first kappa shape index (κ1) is 23.8. The van der Waals surface area contributed by atoms with E-state index in [2.05, 4.69) is 25.4 Å². The van der Waals surface area contributed by atoms with Gasteiger partial charge in [-0.15, -0.1) is 0 Å². The lowest BCUT2D eigenvalue weighted by molar-refractivity contribution is -0.133. The molecule has 0 atom stereocenters. The van der Waals surface area contributed by atoms with Gasteiger partial charge in [-0.25, -0.2) is 19.6 Å². The Kier molecular flexibility index (Phi) is 6.92. The molecular formula is C24H28ClN7O2. The third-order valence-corrected chi connectivity index (χ3v) is 6.35. The van der Waals surface area contributed by atoms with Crippen LogP contribution in [0.25, 0.3) is 5.95 Å². The average Bonchev–Trinajstić information content (AvgIpc) is 3.08. The van der Waals surface area contributed by atoms with Crippen LogP contribution < -0.4 is 5.32 Å². The minimum Gasteiger partial charge on any atom is -0.342 e. The van der Waals surface area contributed by atoms with Crippen molar-refractivity contribution in [2.45, 2.75) is 47.0 Å².